The van der Waals surface area contributed by atoms with Crippen molar-refractivity contribution in [2.24, 2.45) is 0 Å². The molecule has 3 nitrogen and oxygen atoms in total. The fourth-order valence-electron chi connectivity index (χ4n) is 4.45. The number of rotatable bonds is 2. The van der Waals surface area contributed by atoms with Crippen molar-refractivity contribution in [1.82, 2.24) is 15.2 Å². The van der Waals surface area contributed by atoms with Crippen LogP contribution in [0.15, 0.2) is 18.2 Å². The number of fused-ring (bicyclic) bond motifs is 1. The van der Waals surface area contributed by atoms with E-state index in [0.29, 0.717) is 18.9 Å². The lowest BCUT2D eigenvalue weighted by Crippen LogP contribution is -2.37. The van der Waals surface area contributed by atoms with Crippen LogP contribution >= 0.6 is 0 Å². The third kappa shape index (κ3) is 2.84. The van der Waals surface area contributed by atoms with E-state index in [1.165, 1.54) is 6.07 Å². The van der Waals surface area contributed by atoms with Crippen LogP contribution in [0.2, 0.25) is 0 Å². The molecule has 5 heteroatoms. The van der Waals surface area contributed by atoms with Gasteiger partial charge in [-0.05, 0) is 63.2 Å². The van der Waals surface area contributed by atoms with Crippen LogP contribution in [-0.2, 0) is 0 Å². The zero-order chi connectivity index (χ0) is 16.7. The minimum atomic E-state index is -0.838. The van der Waals surface area contributed by atoms with Gasteiger partial charge in [0.25, 0.3) is 0 Å². The van der Waals surface area contributed by atoms with Gasteiger partial charge >= 0.3 is 0 Å². The summed E-state index contributed by atoms with van der Waals surface area (Å²) in [4.78, 5) is 5.78. The highest BCUT2D eigenvalue weighted by Gasteiger charge is 2.33. The monoisotopic (exact) mass is 333 g/mol. The fraction of sp³-hybridized carbons (Fsp3) is 0.579. The molecule has 4 rings (SSSR count). The maximum absolute atomic E-state index is 14.7. The van der Waals surface area contributed by atoms with Gasteiger partial charge in [-0.15, -0.1) is 0 Å². The first-order valence-electron chi connectivity index (χ1n) is 8.98. The lowest BCUT2D eigenvalue weighted by Gasteiger charge is -2.33. The van der Waals surface area contributed by atoms with Gasteiger partial charge in [0.05, 0.1) is 0 Å². The fourth-order valence-corrected chi connectivity index (χ4v) is 4.45. The number of nitrogens with one attached hydrogen (secondary N) is 2. The molecule has 0 radical (unpaired) electrons. The molecular weight excluding hydrogens is 308 g/mol. The zero-order valence-electron chi connectivity index (χ0n) is 14.1. The van der Waals surface area contributed by atoms with Gasteiger partial charge in [-0.25, -0.2) is 8.78 Å². The highest BCUT2D eigenvalue weighted by atomic mass is 19.1. The molecule has 130 valence electrons. The van der Waals surface area contributed by atoms with Crippen molar-refractivity contribution in [1.29, 1.82) is 0 Å². The third-order valence-corrected chi connectivity index (χ3v) is 5.63. The summed E-state index contributed by atoms with van der Waals surface area (Å²) < 4.78 is 28.4. The van der Waals surface area contributed by atoms with Gasteiger partial charge < -0.3 is 15.2 Å². The van der Waals surface area contributed by atoms with Crippen molar-refractivity contribution < 1.29 is 8.78 Å². The van der Waals surface area contributed by atoms with Gasteiger partial charge in [-0.2, -0.15) is 0 Å². The average Bonchev–Trinajstić information content (AvgIpc) is 2.93. The van der Waals surface area contributed by atoms with Crippen LogP contribution < -0.4 is 5.32 Å². The zero-order valence-corrected chi connectivity index (χ0v) is 14.1. The van der Waals surface area contributed by atoms with E-state index in [9.17, 15) is 8.78 Å². The quantitative estimate of drug-likeness (QED) is 0.881. The van der Waals surface area contributed by atoms with Crippen LogP contribution in [0.5, 0.6) is 0 Å². The molecule has 2 aliphatic heterocycles. The Morgan fingerprint density at radius 3 is 2.92 bits per heavy atom. The number of benzene rings is 1. The Labute approximate surface area is 141 Å². The van der Waals surface area contributed by atoms with E-state index in [0.717, 1.165) is 54.6 Å². The molecule has 2 saturated heterocycles. The van der Waals surface area contributed by atoms with Crippen LogP contribution in [0.25, 0.3) is 10.9 Å². The van der Waals surface area contributed by atoms with E-state index >= 15 is 0 Å². The van der Waals surface area contributed by atoms with Gasteiger partial charge in [0.2, 0.25) is 0 Å². The topological polar surface area (TPSA) is 31.1 Å². The van der Waals surface area contributed by atoms with Crippen LogP contribution in [0.4, 0.5) is 8.78 Å². The van der Waals surface area contributed by atoms with Crippen LogP contribution in [0, 0.1) is 5.82 Å². The van der Waals surface area contributed by atoms with Gasteiger partial charge in [-0.3, -0.25) is 0 Å². The van der Waals surface area contributed by atoms with Crippen LogP contribution in [0.3, 0.4) is 0 Å². The number of H-pyrrole nitrogens is 1. The second-order valence-electron chi connectivity index (χ2n) is 7.36. The number of halogens is 2. The van der Waals surface area contributed by atoms with Gasteiger partial charge in [-0.1, -0.05) is 0 Å². The molecule has 24 heavy (non-hydrogen) atoms. The van der Waals surface area contributed by atoms with Gasteiger partial charge in [0, 0.05) is 41.5 Å². The summed E-state index contributed by atoms with van der Waals surface area (Å²) in [6.45, 7) is 3.47. The summed E-state index contributed by atoms with van der Waals surface area (Å²) in [5, 5.41) is 4.31. The van der Waals surface area contributed by atoms with Crippen molar-refractivity contribution in [3.63, 3.8) is 0 Å². The SMILES string of the molecule is CN1CCCC(c2[nH]c3cc(F)ccc3c2C2CNCC[C@H]2F)C1. The Balaban J connectivity index is 1.83. The molecule has 1 aromatic heterocycles. The average molecular weight is 333 g/mol. The van der Waals surface area contributed by atoms with E-state index in [-0.39, 0.29) is 11.7 Å². The first-order chi connectivity index (χ1) is 11.6. The molecule has 0 aliphatic carbocycles. The number of piperidine rings is 2. The standard InChI is InChI=1S/C19H25F2N3/c1-24-8-2-3-12(11-24)19-18(15-10-22-7-6-16(15)21)14-5-4-13(20)9-17(14)23-19/h4-5,9,12,15-16,22-23H,2-3,6-8,10-11H2,1H3/t12?,15?,16-/m1/s1. The summed E-state index contributed by atoms with van der Waals surface area (Å²) in [6, 6.07) is 4.84. The van der Waals surface area contributed by atoms with Gasteiger partial charge in [0.1, 0.15) is 12.0 Å². The lowest BCUT2D eigenvalue weighted by molar-refractivity contribution is 0.223. The molecule has 2 fully saturated rings. The molecule has 0 bridgehead atoms. The van der Waals surface area contributed by atoms with E-state index in [1.54, 1.807) is 6.07 Å². The molecule has 1 aromatic carbocycles. The number of aromatic nitrogens is 1. The van der Waals surface area contributed by atoms with Gasteiger partial charge in [0.15, 0.2) is 0 Å². The van der Waals surface area contributed by atoms with Crippen LogP contribution in [-0.4, -0.2) is 49.3 Å². The second kappa shape index (κ2) is 6.45. The summed E-state index contributed by atoms with van der Waals surface area (Å²) in [5.41, 5.74) is 2.99. The third-order valence-electron chi connectivity index (χ3n) is 5.63. The maximum atomic E-state index is 14.7. The summed E-state index contributed by atoms with van der Waals surface area (Å²) in [5.74, 6) is -0.0373. The molecule has 0 saturated carbocycles. The molecule has 3 heterocycles. The molecule has 2 aromatic rings. The largest absolute Gasteiger partial charge is 0.358 e. The molecule has 3 atom stereocenters. The predicted octanol–water partition coefficient (Wildman–Crippen LogP) is 3.53. The Kier molecular flexibility index (Phi) is 4.31. The predicted molar refractivity (Wildman–Crippen MR) is 92.9 cm³/mol. The lowest BCUT2D eigenvalue weighted by atomic mass is 9.83. The van der Waals surface area contributed by atoms with Crippen molar-refractivity contribution in [2.75, 3.05) is 33.2 Å². The minimum absolute atomic E-state index is 0.153. The number of likely N-dealkylation sites (tertiary alicyclic amines) is 1. The molecule has 2 unspecified atom stereocenters. The number of hydrogen-bond donors (Lipinski definition) is 2. The van der Waals surface area contributed by atoms with Crippen molar-refractivity contribution in [3.05, 3.63) is 35.3 Å². The van der Waals surface area contributed by atoms with Crippen molar-refractivity contribution in [2.45, 2.75) is 37.3 Å². The molecule has 0 amide bonds. The maximum Gasteiger partial charge on any atom is 0.125 e. The highest BCUT2D eigenvalue weighted by Crippen LogP contribution is 2.40. The highest BCUT2D eigenvalue weighted by molar-refractivity contribution is 5.85. The number of alkyl halides is 1. The summed E-state index contributed by atoms with van der Waals surface area (Å²) in [7, 11) is 2.13. The molecular formula is C19H25F2N3. The smallest absolute Gasteiger partial charge is 0.125 e. The number of aromatic amines is 1. The Bertz CT molecular complexity index is 727. The summed E-state index contributed by atoms with van der Waals surface area (Å²) >= 11 is 0. The van der Waals surface area contributed by atoms with E-state index in [2.05, 4.69) is 22.2 Å². The van der Waals surface area contributed by atoms with E-state index in [4.69, 9.17) is 0 Å². The van der Waals surface area contributed by atoms with E-state index < -0.39 is 6.17 Å². The Morgan fingerprint density at radius 1 is 1.25 bits per heavy atom. The molecule has 0 spiro atoms. The number of hydrogen-bond acceptors (Lipinski definition) is 2. The summed E-state index contributed by atoms with van der Waals surface area (Å²) in [6.07, 6.45) is 1.95. The van der Waals surface area contributed by atoms with E-state index in [1.807, 2.05) is 6.07 Å². The minimum Gasteiger partial charge on any atom is -0.358 e. The molecule has 2 N–H and O–H groups in total. The molecule has 2 aliphatic rings. The second-order valence-corrected chi connectivity index (χ2v) is 7.36. The number of nitrogens with zero attached hydrogens (tertiary/aromatic N) is 1. The normalized spacial score (nSPS) is 29.2. The Morgan fingerprint density at radius 2 is 2.12 bits per heavy atom. The number of likely N-dealkylation sites (N-methyl/N-ethyl adjacent to an activating group) is 1. The van der Waals surface area contributed by atoms with Crippen LogP contribution in [0.1, 0.15) is 42.4 Å². The Hall–Kier alpha value is -1.46. The van der Waals surface area contributed by atoms with Crippen molar-refractivity contribution in [3.8, 4) is 0 Å². The first-order valence-corrected chi connectivity index (χ1v) is 8.98. The van der Waals surface area contributed by atoms with Crippen molar-refractivity contribution >= 4 is 10.9 Å². The first kappa shape index (κ1) is 16.0.